The van der Waals surface area contributed by atoms with Crippen LogP contribution in [0.5, 0.6) is 0 Å². The topological polar surface area (TPSA) is 99.1 Å². The van der Waals surface area contributed by atoms with Crippen LogP contribution in [0, 0.1) is 41.4 Å². The zero-order valence-electron chi connectivity index (χ0n) is 19.3. The van der Waals surface area contributed by atoms with Crippen LogP contribution in [-0.2, 0) is 28.6 Å². The van der Waals surface area contributed by atoms with Gasteiger partial charge in [-0.1, -0.05) is 13.8 Å². The van der Waals surface area contributed by atoms with Gasteiger partial charge in [-0.05, 0) is 77.6 Å². The summed E-state index contributed by atoms with van der Waals surface area (Å²) < 4.78 is 16.5. The van der Waals surface area contributed by atoms with Crippen molar-refractivity contribution in [3.63, 3.8) is 0 Å². The Kier molecular flexibility index (Phi) is 7.94. The smallest absolute Gasteiger partial charge is 0.312 e. The van der Waals surface area contributed by atoms with E-state index in [0.29, 0.717) is 12.5 Å². The molecule has 1 N–H and O–H groups in total. The van der Waals surface area contributed by atoms with Crippen LogP contribution in [0.1, 0.15) is 67.7 Å². The summed E-state index contributed by atoms with van der Waals surface area (Å²) in [7, 11) is 0. The maximum absolute atomic E-state index is 13.4. The molecule has 0 heterocycles. The molecular formula is C23H38O7. The fourth-order valence-electron chi connectivity index (χ4n) is 5.48. The summed E-state index contributed by atoms with van der Waals surface area (Å²) >= 11 is 0. The second-order valence-corrected chi connectivity index (χ2v) is 9.94. The minimum absolute atomic E-state index is 0.107. The summed E-state index contributed by atoms with van der Waals surface area (Å²) in [5, 5.41) is 9.75. The zero-order chi connectivity index (χ0) is 22.8. The molecule has 30 heavy (non-hydrogen) atoms. The van der Waals surface area contributed by atoms with E-state index in [0.717, 1.165) is 19.3 Å². The molecule has 8 unspecified atom stereocenters. The fraction of sp³-hybridized carbons (Fsp3) is 0.870. The van der Waals surface area contributed by atoms with Gasteiger partial charge in [0.25, 0.3) is 0 Å². The van der Waals surface area contributed by atoms with Crippen LogP contribution in [0.3, 0.4) is 0 Å². The lowest BCUT2D eigenvalue weighted by molar-refractivity contribution is -0.192. The molecule has 2 saturated carbocycles. The molecular weight excluding hydrogens is 388 g/mol. The number of ether oxygens (including phenoxy) is 3. The van der Waals surface area contributed by atoms with Crippen LogP contribution in [0.15, 0.2) is 0 Å². The van der Waals surface area contributed by atoms with Crippen molar-refractivity contribution in [1.82, 2.24) is 0 Å². The summed E-state index contributed by atoms with van der Waals surface area (Å²) in [6.07, 6.45) is 2.36. The van der Waals surface area contributed by atoms with Gasteiger partial charge < -0.3 is 19.3 Å². The van der Waals surface area contributed by atoms with Crippen LogP contribution in [-0.4, -0.2) is 41.5 Å². The molecule has 0 aromatic heterocycles. The third-order valence-electron chi connectivity index (χ3n) is 6.77. The van der Waals surface area contributed by atoms with Gasteiger partial charge in [-0.3, -0.25) is 14.4 Å². The highest BCUT2D eigenvalue weighted by Crippen LogP contribution is 2.56. The van der Waals surface area contributed by atoms with Gasteiger partial charge in [0, 0.05) is 6.61 Å². The van der Waals surface area contributed by atoms with E-state index in [2.05, 4.69) is 6.92 Å². The first-order chi connectivity index (χ1) is 13.9. The molecule has 0 amide bonds. The van der Waals surface area contributed by atoms with Gasteiger partial charge in [0.2, 0.25) is 0 Å². The highest BCUT2D eigenvalue weighted by molar-refractivity contribution is 5.87. The highest BCUT2D eigenvalue weighted by Gasteiger charge is 2.56. The van der Waals surface area contributed by atoms with Gasteiger partial charge >= 0.3 is 17.9 Å². The molecule has 2 aliphatic rings. The standard InChI is InChI=1S/C23H38O7/c1-8-28-14(4)29-21(26)19(17-12(2)15-9-10-16(17)11-15)18(13(3)20(24)25)22(27)30-23(5,6)7/h12-19H,8-11H2,1-7H3,(H,24,25). The maximum atomic E-state index is 13.4. The molecule has 2 fully saturated rings. The van der Waals surface area contributed by atoms with E-state index in [4.69, 9.17) is 14.2 Å². The molecule has 2 bridgehead atoms. The Morgan fingerprint density at radius 2 is 1.67 bits per heavy atom. The van der Waals surface area contributed by atoms with Crippen molar-refractivity contribution in [3.05, 3.63) is 0 Å². The lowest BCUT2D eigenvalue weighted by Gasteiger charge is -2.39. The number of carboxylic acid groups (broad SMARTS) is 1. The summed E-state index contributed by atoms with van der Waals surface area (Å²) in [6, 6.07) is 0. The third-order valence-corrected chi connectivity index (χ3v) is 6.77. The third kappa shape index (κ3) is 5.54. The van der Waals surface area contributed by atoms with E-state index in [1.165, 1.54) is 6.92 Å². The predicted octanol–water partition coefficient (Wildman–Crippen LogP) is 3.89. The van der Waals surface area contributed by atoms with Crippen LogP contribution in [0.25, 0.3) is 0 Å². The molecule has 7 nitrogen and oxygen atoms in total. The van der Waals surface area contributed by atoms with Crippen LogP contribution >= 0.6 is 0 Å². The minimum Gasteiger partial charge on any atom is -0.481 e. The van der Waals surface area contributed by atoms with Crippen molar-refractivity contribution >= 4 is 17.9 Å². The largest absolute Gasteiger partial charge is 0.481 e. The van der Waals surface area contributed by atoms with Crippen LogP contribution in [0.4, 0.5) is 0 Å². The molecule has 0 spiro atoms. The molecule has 7 heteroatoms. The molecule has 172 valence electrons. The number of carboxylic acids is 1. The number of esters is 2. The summed E-state index contributed by atoms with van der Waals surface area (Å²) in [5.74, 6) is -4.52. The first-order valence-corrected chi connectivity index (χ1v) is 11.1. The van der Waals surface area contributed by atoms with E-state index in [1.807, 2.05) is 0 Å². The van der Waals surface area contributed by atoms with Crippen molar-refractivity contribution in [1.29, 1.82) is 0 Å². The second-order valence-electron chi connectivity index (χ2n) is 9.94. The number of hydrogen-bond donors (Lipinski definition) is 1. The lowest BCUT2D eigenvalue weighted by Crippen LogP contribution is -2.47. The molecule has 0 aromatic carbocycles. The summed E-state index contributed by atoms with van der Waals surface area (Å²) in [4.78, 5) is 38.5. The lowest BCUT2D eigenvalue weighted by atomic mass is 9.66. The Balaban J connectivity index is 2.45. The number of hydrogen-bond acceptors (Lipinski definition) is 6. The van der Waals surface area contributed by atoms with E-state index in [9.17, 15) is 19.5 Å². The van der Waals surface area contributed by atoms with E-state index >= 15 is 0 Å². The van der Waals surface area contributed by atoms with Crippen LogP contribution < -0.4 is 0 Å². The van der Waals surface area contributed by atoms with Crippen molar-refractivity contribution in [3.8, 4) is 0 Å². The Morgan fingerprint density at radius 1 is 1.07 bits per heavy atom. The van der Waals surface area contributed by atoms with Crippen molar-refractivity contribution in [2.75, 3.05) is 6.61 Å². The van der Waals surface area contributed by atoms with Gasteiger partial charge in [0.1, 0.15) is 5.60 Å². The van der Waals surface area contributed by atoms with E-state index in [1.54, 1.807) is 34.6 Å². The number of fused-ring (bicyclic) bond motifs is 2. The zero-order valence-corrected chi connectivity index (χ0v) is 19.3. The number of carbonyl (C=O) groups excluding carboxylic acids is 2. The molecule has 0 aromatic rings. The summed E-state index contributed by atoms with van der Waals surface area (Å²) in [5.41, 5.74) is -0.791. The predicted molar refractivity (Wildman–Crippen MR) is 110 cm³/mol. The Morgan fingerprint density at radius 3 is 2.13 bits per heavy atom. The summed E-state index contributed by atoms with van der Waals surface area (Å²) in [6.45, 7) is 12.6. The van der Waals surface area contributed by atoms with Gasteiger partial charge in [-0.2, -0.15) is 0 Å². The average Bonchev–Trinajstić information content (AvgIpc) is 3.19. The molecule has 0 aliphatic heterocycles. The van der Waals surface area contributed by atoms with Gasteiger partial charge in [-0.25, -0.2) is 0 Å². The minimum atomic E-state index is -1.13. The molecule has 0 saturated heterocycles. The Bertz CT molecular complexity index is 636. The van der Waals surface area contributed by atoms with Crippen molar-refractivity contribution in [2.45, 2.75) is 79.6 Å². The highest BCUT2D eigenvalue weighted by atomic mass is 16.7. The number of carbonyl (C=O) groups is 3. The van der Waals surface area contributed by atoms with Crippen molar-refractivity contribution in [2.24, 2.45) is 41.4 Å². The van der Waals surface area contributed by atoms with E-state index in [-0.39, 0.29) is 17.8 Å². The van der Waals surface area contributed by atoms with Gasteiger partial charge in [0.15, 0.2) is 6.29 Å². The van der Waals surface area contributed by atoms with Gasteiger partial charge in [-0.15, -0.1) is 0 Å². The van der Waals surface area contributed by atoms with Crippen molar-refractivity contribution < 1.29 is 33.7 Å². The van der Waals surface area contributed by atoms with Crippen LogP contribution in [0.2, 0.25) is 0 Å². The number of rotatable bonds is 9. The maximum Gasteiger partial charge on any atom is 0.312 e. The Labute approximate surface area is 179 Å². The monoisotopic (exact) mass is 426 g/mol. The molecule has 0 radical (unpaired) electrons. The SMILES string of the molecule is CCOC(C)OC(=O)C(C(C(=O)OC(C)(C)C)C(C)C(=O)O)C1C2CCC(C2)C1C. The Hall–Kier alpha value is -1.63. The van der Waals surface area contributed by atoms with Gasteiger partial charge in [0.05, 0.1) is 17.8 Å². The quantitative estimate of drug-likeness (QED) is 0.441. The number of aliphatic carboxylic acids is 1. The molecule has 2 rings (SSSR count). The molecule has 8 atom stereocenters. The molecule has 2 aliphatic carbocycles. The van der Waals surface area contributed by atoms with E-state index < -0.39 is 47.6 Å². The first kappa shape index (κ1) is 24.6. The first-order valence-electron chi connectivity index (χ1n) is 11.1. The second kappa shape index (κ2) is 9.67. The fourth-order valence-corrected chi connectivity index (χ4v) is 5.48. The normalized spacial score (nSPS) is 29.7. The average molecular weight is 427 g/mol.